The summed E-state index contributed by atoms with van der Waals surface area (Å²) in [5.41, 5.74) is 3.49. The highest BCUT2D eigenvalue weighted by atomic mass is 32.2. The first-order valence-electron chi connectivity index (χ1n) is 7.57. The minimum atomic E-state index is -0.425. The predicted molar refractivity (Wildman–Crippen MR) is 89.6 cm³/mol. The van der Waals surface area contributed by atoms with Crippen LogP contribution in [0.5, 0.6) is 0 Å². The van der Waals surface area contributed by atoms with Crippen molar-refractivity contribution < 1.29 is 5.11 Å². The summed E-state index contributed by atoms with van der Waals surface area (Å²) in [6.07, 6.45) is 1.92. The standard InChI is InChI=1S/C18H21NOS/c1-3-4-11-19-15-7-5-6-8-17(15)21-18-10-9-14(13(2)20)12-16(18)19/h5-10,12-13,20H,3-4,11H2,1-2H3. The highest BCUT2D eigenvalue weighted by Gasteiger charge is 2.23. The van der Waals surface area contributed by atoms with Crippen LogP contribution in [0.4, 0.5) is 11.4 Å². The van der Waals surface area contributed by atoms with Crippen molar-refractivity contribution in [1.82, 2.24) is 0 Å². The number of rotatable bonds is 4. The summed E-state index contributed by atoms with van der Waals surface area (Å²) < 4.78 is 0. The molecule has 3 rings (SSSR count). The number of fused-ring (bicyclic) bond motifs is 2. The molecule has 0 aromatic heterocycles. The molecule has 1 N–H and O–H groups in total. The molecule has 0 saturated carbocycles. The minimum Gasteiger partial charge on any atom is -0.389 e. The van der Waals surface area contributed by atoms with Gasteiger partial charge in [0, 0.05) is 16.3 Å². The molecule has 0 radical (unpaired) electrons. The van der Waals surface area contributed by atoms with Crippen LogP contribution in [-0.2, 0) is 0 Å². The maximum atomic E-state index is 9.86. The maximum Gasteiger partial charge on any atom is 0.0762 e. The van der Waals surface area contributed by atoms with Crippen LogP contribution in [0.2, 0.25) is 0 Å². The highest BCUT2D eigenvalue weighted by molar-refractivity contribution is 7.99. The van der Waals surface area contributed by atoms with Crippen LogP contribution in [0, 0.1) is 0 Å². The third-order valence-electron chi connectivity index (χ3n) is 3.87. The first kappa shape index (κ1) is 14.5. The monoisotopic (exact) mass is 299 g/mol. The summed E-state index contributed by atoms with van der Waals surface area (Å²) in [5.74, 6) is 0. The first-order valence-corrected chi connectivity index (χ1v) is 8.38. The van der Waals surface area contributed by atoms with Crippen LogP contribution in [0.25, 0.3) is 0 Å². The second-order valence-electron chi connectivity index (χ2n) is 5.48. The molecule has 110 valence electrons. The number of para-hydroxylation sites is 1. The summed E-state index contributed by atoms with van der Waals surface area (Å²) in [7, 11) is 0. The van der Waals surface area contributed by atoms with Crippen molar-refractivity contribution in [3.63, 3.8) is 0 Å². The fourth-order valence-electron chi connectivity index (χ4n) is 2.66. The van der Waals surface area contributed by atoms with Crippen LogP contribution < -0.4 is 4.90 Å². The van der Waals surface area contributed by atoms with Crippen LogP contribution in [0.3, 0.4) is 0 Å². The number of aliphatic hydroxyl groups excluding tert-OH is 1. The molecule has 21 heavy (non-hydrogen) atoms. The third kappa shape index (κ3) is 2.81. The lowest BCUT2D eigenvalue weighted by Gasteiger charge is -2.33. The van der Waals surface area contributed by atoms with Gasteiger partial charge >= 0.3 is 0 Å². The van der Waals surface area contributed by atoms with E-state index in [1.807, 2.05) is 24.8 Å². The number of benzene rings is 2. The largest absolute Gasteiger partial charge is 0.389 e. The lowest BCUT2D eigenvalue weighted by atomic mass is 10.1. The molecule has 2 nitrogen and oxygen atoms in total. The molecule has 2 aromatic rings. The molecule has 2 aromatic carbocycles. The van der Waals surface area contributed by atoms with Gasteiger partial charge in [0.2, 0.25) is 0 Å². The number of aliphatic hydroxyl groups is 1. The van der Waals surface area contributed by atoms with Gasteiger partial charge < -0.3 is 10.0 Å². The summed E-state index contributed by atoms with van der Waals surface area (Å²) in [5, 5.41) is 9.86. The van der Waals surface area contributed by atoms with Gasteiger partial charge in [0.15, 0.2) is 0 Å². The Labute approximate surface area is 130 Å². The number of hydrogen-bond acceptors (Lipinski definition) is 3. The molecule has 1 unspecified atom stereocenters. The van der Waals surface area contributed by atoms with Gasteiger partial charge in [0.1, 0.15) is 0 Å². The van der Waals surface area contributed by atoms with Crippen LogP contribution in [-0.4, -0.2) is 11.7 Å². The van der Waals surface area contributed by atoms with Gasteiger partial charge in [0.05, 0.1) is 17.5 Å². The molecule has 0 fully saturated rings. The second kappa shape index (κ2) is 6.12. The van der Waals surface area contributed by atoms with Crippen molar-refractivity contribution in [3.8, 4) is 0 Å². The van der Waals surface area contributed by atoms with E-state index in [2.05, 4.69) is 48.2 Å². The summed E-state index contributed by atoms with van der Waals surface area (Å²) in [6, 6.07) is 14.9. The fraction of sp³-hybridized carbons (Fsp3) is 0.333. The van der Waals surface area contributed by atoms with Crippen LogP contribution >= 0.6 is 11.8 Å². The Bertz CT molecular complexity index is 639. The van der Waals surface area contributed by atoms with Crippen molar-refractivity contribution in [2.24, 2.45) is 0 Å². The second-order valence-corrected chi connectivity index (χ2v) is 6.56. The molecule has 0 amide bonds. The quantitative estimate of drug-likeness (QED) is 0.845. The van der Waals surface area contributed by atoms with Gasteiger partial charge in [-0.05, 0) is 43.2 Å². The average molecular weight is 299 g/mol. The smallest absolute Gasteiger partial charge is 0.0762 e. The zero-order chi connectivity index (χ0) is 14.8. The van der Waals surface area contributed by atoms with E-state index in [0.717, 1.165) is 18.5 Å². The van der Waals surface area contributed by atoms with E-state index in [4.69, 9.17) is 0 Å². The Kier molecular flexibility index (Phi) is 4.22. The highest BCUT2D eigenvalue weighted by Crippen LogP contribution is 2.48. The van der Waals surface area contributed by atoms with Crippen LogP contribution in [0.1, 0.15) is 38.4 Å². The van der Waals surface area contributed by atoms with E-state index in [-0.39, 0.29) is 0 Å². The number of nitrogens with zero attached hydrogens (tertiary/aromatic N) is 1. The predicted octanol–water partition coefficient (Wildman–Crippen LogP) is 5.14. The molecule has 3 heteroatoms. The van der Waals surface area contributed by atoms with Gasteiger partial charge in [-0.1, -0.05) is 43.3 Å². The number of unbranched alkanes of at least 4 members (excludes halogenated alkanes) is 1. The van der Waals surface area contributed by atoms with Crippen molar-refractivity contribution in [2.75, 3.05) is 11.4 Å². The Morgan fingerprint density at radius 1 is 1.10 bits per heavy atom. The Morgan fingerprint density at radius 3 is 2.62 bits per heavy atom. The third-order valence-corrected chi connectivity index (χ3v) is 5.00. The van der Waals surface area contributed by atoms with Crippen LogP contribution in [0.15, 0.2) is 52.3 Å². The van der Waals surface area contributed by atoms with E-state index in [1.54, 1.807) is 0 Å². The SMILES string of the molecule is CCCCN1c2ccccc2Sc2ccc(C(C)O)cc21. The van der Waals surface area contributed by atoms with Crippen molar-refractivity contribution >= 4 is 23.1 Å². The van der Waals surface area contributed by atoms with E-state index in [9.17, 15) is 5.11 Å². The number of hydrogen-bond donors (Lipinski definition) is 1. The van der Waals surface area contributed by atoms with Crippen molar-refractivity contribution in [1.29, 1.82) is 0 Å². The summed E-state index contributed by atoms with van der Waals surface area (Å²) >= 11 is 1.82. The summed E-state index contributed by atoms with van der Waals surface area (Å²) in [6.45, 7) is 5.06. The zero-order valence-electron chi connectivity index (χ0n) is 12.5. The van der Waals surface area contributed by atoms with Gasteiger partial charge in [-0.25, -0.2) is 0 Å². The van der Waals surface area contributed by atoms with Crippen molar-refractivity contribution in [3.05, 3.63) is 48.0 Å². The average Bonchev–Trinajstić information content (AvgIpc) is 2.50. The number of anilines is 2. The van der Waals surface area contributed by atoms with Gasteiger partial charge in [-0.15, -0.1) is 0 Å². The molecule has 0 bridgehead atoms. The molecule has 0 saturated heterocycles. The van der Waals surface area contributed by atoms with E-state index >= 15 is 0 Å². The molecule has 1 aliphatic heterocycles. The molecular weight excluding hydrogens is 278 g/mol. The lowest BCUT2D eigenvalue weighted by molar-refractivity contribution is 0.199. The maximum absolute atomic E-state index is 9.86. The molecular formula is C18H21NOS. The van der Waals surface area contributed by atoms with Crippen molar-refractivity contribution in [2.45, 2.75) is 42.6 Å². The lowest BCUT2D eigenvalue weighted by Crippen LogP contribution is -2.22. The van der Waals surface area contributed by atoms with E-state index in [1.165, 1.54) is 27.6 Å². The topological polar surface area (TPSA) is 23.5 Å². The van der Waals surface area contributed by atoms with E-state index in [0.29, 0.717) is 0 Å². The van der Waals surface area contributed by atoms with Gasteiger partial charge in [0.25, 0.3) is 0 Å². The Balaban J connectivity index is 2.07. The van der Waals surface area contributed by atoms with E-state index < -0.39 is 6.10 Å². The zero-order valence-corrected chi connectivity index (χ0v) is 13.4. The molecule has 0 spiro atoms. The van der Waals surface area contributed by atoms with Gasteiger partial charge in [-0.3, -0.25) is 0 Å². The van der Waals surface area contributed by atoms with Gasteiger partial charge in [-0.2, -0.15) is 0 Å². The summed E-state index contributed by atoms with van der Waals surface area (Å²) in [4.78, 5) is 4.98. The minimum absolute atomic E-state index is 0.425. The Morgan fingerprint density at radius 2 is 1.86 bits per heavy atom. The molecule has 1 aliphatic rings. The fourth-order valence-corrected chi connectivity index (χ4v) is 3.74. The first-order chi connectivity index (χ1) is 10.2. The molecule has 1 heterocycles. The molecule has 1 atom stereocenters. The normalized spacial score (nSPS) is 14.5. The Hall–Kier alpha value is -1.45. The molecule has 0 aliphatic carbocycles.